The minimum Gasteiger partial charge on any atom is -0.481 e. The highest BCUT2D eigenvalue weighted by Crippen LogP contribution is 2.22. The van der Waals surface area contributed by atoms with E-state index in [-0.39, 0.29) is 25.6 Å². The van der Waals surface area contributed by atoms with Crippen LogP contribution in [-0.4, -0.2) is 24.9 Å². The number of nitrogens with one attached hydrogen (secondary N) is 1. The lowest BCUT2D eigenvalue weighted by Gasteiger charge is -2.11. The molecule has 0 heterocycles. The number of aliphatic hydroxyl groups is 1. The smallest absolute Gasteiger partial charge is 0.148 e. The van der Waals surface area contributed by atoms with E-state index in [2.05, 4.69) is 11.2 Å². The number of terminal acetylenes is 1. The third-order valence-electron chi connectivity index (χ3n) is 2.16. The topological polar surface area (TPSA) is 41.5 Å². The van der Waals surface area contributed by atoms with Gasteiger partial charge in [0.25, 0.3) is 0 Å². The van der Waals surface area contributed by atoms with E-state index < -0.39 is 0 Å². The molecule has 1 rings (SSSR count). The summed E-state index contributed by atoms with van der Waals surface area (Å²) in [5.74, 6) is 3.17. The van der Waals surface area contributed by atoms with Crippen LogP contribution >= 0.6 is 24.0 Å². The van der Waals surface area contributed by atoms with Crippen LogP contribution in [0, 0.1) is 12.3 Å². The summed E-state index contributed by atoms with van der Waals surface area (Å²) < 4.78 is 5.41. The Hall–Kier alpha value is -0.920. The van der Waals surface area contributed by atoms with E-state index >= 15 is 0 Å². The van der Waals surface area contributed by atoms with Gasteiger partial charge in [0.2, 0.25) is 0 Å². The van der Waals surface area contributed by atoms with Crippen LogP contribution in [0.4, 0.5) is 0 Å². The molecule has 1 aromatic carbocycles. The Labute approximate surface area is 119 Å². The summed E-state index contributed by atoms with van der Waals surface area (Å²) in [7, 11) is 0. The van der Waals surface area contributed by atoms with E-state index in [0.717, 1.165) is 24.3 Å². The fourth-order valence-corrected chi connectivity index (χ4v) is 1.57. The van der Waals surface area contributed by atoms with Crippen LogP contribution in [0.15, 0.2) is 18.2 Å². The first-order chi connectivity index (χ1) is 8.27. The minimum absolute atomic E-state index is 0. The maximum absolute atomic E-state index is 8.67. The number of rotatable bonds is 7. The van der Waals surface area contributed by atoms with Gasteiger partial charge < -0.3 is 15.2 Å². The van der Waals surface area contributed by atoms with E-state index in [9.17, 15) is 0 Å². The monoisotopic (exact) mass is 289 g/mol. The second-order valence-electron chi connectivity index (χ2n) is 3.50. The Balaban J connectivity index is 0.00000289. The third-order valence-corrected chi connectivity index (χ3v) is 2.40. The van der Waals surface area contributed by atoms with Crippen molar-refractivity contribution >= 4 is 24.0 Å². The van der Waals surface area contributed by atoms with Gasteiger partial charge in [0.05, 0.1) is 0 Å². The van der Waals surface area contributed by atoms with Crippen molar-refractivity contribution in [3.8, 4) is 18.1 Å². The average molecular weight is 290 g/mol. The van der Waals surface area contributed by atoms with Gasteiger partial charge in [-0.2, -0.15) is 0 Å². The second kappa shape index (κ2) is 10.0. The van der Waals surface area contributed by atoms with E-state index in [1.165, 1.54) is 0 Å². The summed E-state index contributed by atoms with van der Waals surface area (Å²) in [5, 5.41) is 12.5. The lowest BCUT2D eigenvalue weighted by molar-refractivity contribution is 0.285. The molecule has 5 heteroatoms. The molecular weight excluding hydrogens is 273 g/mol. The summed E-state index contributed by atoms with van der Waals surface area (Å²) in [5.41, 5.74) is 0.964. The third kappa shape index (κ3) is 6.13. The Morgan fingerprint density at radius 3 is 2.89 bits per heavy atom. The normalized spacial score (nSPS) is 9.39. The molecule has 0 aliphatic carbocycles. The van der Waals surface area contributed by atoms with Crippen LogP contribution in [0.2, 0.25) is 5.02 Å². The highest BCUT2D eigenvalue weighted by Gasteiger charge is 2.04. The Kier molecular flexibility index (Phi) is 9.53. The molecule has 0 aliphatic rings. The summed E-state index contributed by atoms with van der Waals surface area (Å²) in [6.45, 7) is 1.81. The average Bonchev–Trinajstić information content (AvgIpc) is 2.33. The lowest BCUT2D eigenvalue weighted by atomic mass is 10.2. The van der Waals surface area contributed by atoms with Crippen LogP contribution in [-0.2, 0) is 6.54 Å². The zero-order valence-corrected chi connectivity index (χ0v) is 11.6. The van der Waals surface area contributed by atoms with Gasteiger partial charge in [0, 0.05) is 23.7 Å². The standard InChI is InChI=1S/C13H16ClNO2.ClH/c1-2-8-17-13-5-4-12(14)9-11(13)10-15-6-3-7-16;/h1,4-5,9,15-16H,3,6-8,10H2;1H. The van der Waals surface area contributed by atoms with E-state index in [4.69, 9.17) is 27.9 Å². The minimum atomic E-state index is 0. The SMILES string of the molecule is C#CCOc1ccc(Cl)cc1CNCCCO.Cl. The van der Waals surface area contributed by atoms with Gasteiger partial charge in [-0.25, -0.2) is 0 Å². The maximum atomic E-state index is 8.67. The van der Waals surface area contributed by atoms with Crippen molar-refractivity contribution in [3.05, 3.63) is 28.8 Å². The summed E-state index contributed by atoms with van der Waals surface area (Å²) in [6, 6.07) is 5.42. The maximum Gasteiger partial charge on any atom is 0.148 e. The van der Waals surface area contributed by atoms with Gasteiger partial charge in [0.1, 0.15) is 12.4 Å². The number of ether oxygens (including phenoxy) is 1. The number of halogens is 2. The van der Waals surface area contributed by atoms with Gasteiger partial charge in [-0.05, 0) is 31.2 Å². The molecule has 18 heavy (non-hydrogen) atoms. The lowest BCUT2D eigenvalue weighted by Crippen LogP contribution is -2.16. The molecule has 0 aromatic heterocycles. The zero-order chi connectivity index (χ0) is 12.5. The predicted octanol–water partition coefficient (Wildman–Crippen LogP) is 2.25. The quantitative estimate of drug-likeness (QED) is 0.598. The molecule has 0 atom stereocenters. The first-order valence-corrected chi connectivity index (χ1v) is 5.82. The van der Waals surface area contributed by atoms with Crippen molar-refractivity contribution < 1.29 is 9.84 Å². The van der Waals surface area contributed by atoms with Crippen LogP contribution in [0.25, 0.3) is 0 Å². The molecule has 0 bridgehead atoms. The molecule has 0 fully saturated rings. The Morgan fingerprint density at radius 1 is 1.44 bits per heavy atom. The van der Waals surface area contributed by atoms with Gasteiger partial charge in [-0.15, -0.1) is 18.8 Å². The first kappa shape index (κ1) is 17.1. The molecule has 0 spiro atoms. The molecule has 0 saturated carbocycles. The Morgan fingerprint density at radius 2 is 2.22 bits per heavy atom. The summed E-state index contributed by atoms with van der Waals surface area (Å²) >= 11 is 5.93. The predicted molar refractivity (Wildman–Crippen MR) is 76.4 cm³/mol. The van der Waals surface area contributed by atoms with E-state index in [1.54, 1.807) is 6.07 Å². The van der Waals surface area contributed by atoms with Crippen LogP contribution < -0.4 is 10.1 Å². The summed E-state index contributed by atoms with van der Waals surface area (Å²) in [4.78, 5) is 0. The van der Waals surface area contributed by atoms with Crippen molar-refractivity contribution in [2.24, 2.45) is 0 Å². The molecule has 0 radical (unpaired) electrons. The molecule has 100 valence electrons. The fraction of sp³-hybridized carbons (Fsp3) is 0.385. The van der Waals surface area contributed by atoms with Crippen molar-refractivity contribution in [2.75, 3.05) is 19.8 Å². The molecule has 0 unspecified atom stereocenters. The summed E-state index contributed by atoms with van der Waals surface area (Å²) in [6.07, 6.45) is 5.87. The fourth-order valence-electron chi connectivity index (χ4n) is 1.37. The number of benzene rings is 1. The molecule has 1 aromatic rings. The first-order valence-electron chi connectivity index (χ1n) is 5.44. The molecule has 2 N–H and O–H groups in total. The number of aliphatic hydroxyl groups excluding tert-OH is 1. The van der Waals surface area contributed by atoms with Gasteiger partial charge in [-0.1, -0.05) is 17.5 Å². The molecule has 0 amide bonds. The van der Waals surface area contributed by atoms with Crippen LogP contribution in [0.3, 0.4) is 0 Å². The van der Waals surface area contributed by atoms with Crippen molar-refractivity contribution in [1.82, 2.24) is 5.32 Å². The largest absolute Gasteiger partial charge is 0.481 e. The van der Waals surface area contributed by atoms with Crippen molar-refractivity contribution in [3.63, 3.8) is 0 Å². The number of hydrogen-bond acceptors (Lipinski definition) is 3. The van der Waals surface area contributed by atoms with Gasteiger partial charge in [-0.3, -0.25) is 0 Å². The highest BCUT2D eigenvalue weighted by molar-refractivity contribution is 6.30. The molecule has 0 saturated heterocycles. The van der Waals surface area contributed by atoms with Gasteiger partial charge >= 0.3 is 0 Å². The molecule has 3 nitrogen and oxygen atoms in total. The van der Waals surface area contributed by atoms with Crippen LogP contribution in [0.5, 0.6) is 5.75 Å². The second-order valence-corrected chi connectivity index (χ2v) is 3.94. The van der Waals surface area contributed by atoms with Gasteiger partial charge in [0.15, 0.2) is 0 Å². The number of hydrogen-bond donors (Lipinski definition) is 2. The zero-order valence-electron chi connectivity index (χ0n) is 9.99. The van der Waals surface area contributed by atoms with E-state index in [1.807, 2.05) is 12.1 Å². The molecule has 0 aliphatic heterocycles. The van der Waals surface area contributed by atoms with Crippen molar-refractivity contribution in [2.45, 2.75) is 13.0 Å². The van der Waals surface area contributed by atoms with E-state index in [0.29, 0.717) is 11.6 Å². The highest BCUT2D eigenvalue weighted by atomic mass is 35.5. The Bertz CT molecular complexity index is 391. The molecular formula is C13H17Cl2NO2. The van der Waals surface area contributed by atoms with Crippen molar-refractivity contribution in [1.29, 1.82) is 0 Å². The van der Waals surface area contributed by atoms with Crippen LogP contribution in [0.1, 0.15) is 12.0 Å².